The summed E-state index contributed by atoms with van der Waals surface area (Å²) >= 11 is 0. The number of aromatic hydroxyl groups is 2. The second-order valence-electron chi connectivity index (χ2n) is 7.45. The van der Waals surface area contributed by atoms with Gasteiger partial charge in [0.25, 0.3) is 0 Å². The van der Waals surface area contributed by atoms with E-state index in [1.165, 1.54) is 50.4 Å². The molecule has 29 heavy (non-hydrogen) atoms. The van der Waals surface area contributed by atoms with Crippen LogP contribution in [0.3, 0.4) is 0 Å². The topological polar surface area (TPSA) is 83.1 Å². The summed E-state index contributed by atoms with van der Waals surface area (Å²) in [7, 11) is 0. The maximum absolute atomic E-state index is 12.8. The molecule has 0 amide bonds. The van der Waals surface area contributed by atoms with Gasteiger partial charge in [-0.25, -0.2) is 0 Å². The Morgan fingerprint density at radius 3 is 2.55 bits per heavy atom. The molecule has 6 nitrogen and oxygen atoms in total. The number of benzene rings is 2. The second kappa shape index (κ2) is 8.57. The molecule has 1 aromatic heterocycles. The van der Waals surface area contributed by atoms with Crippen LogP contribution < -0.4 is 10.2 Å². The summed E-state index contributed by atoms with van der Waals surface area (Å²) in [4.78, 5) is 15.3. The lowest BCUT2D eigenvalue weighted by Crippen LogP contribution is -2.20. The number of phenolic OH excluding ortho intramolecular Hbond substituents is 2. The average molecular weight is 395 g/mol. The van der Waals surface area contributed by atoms with Crippen molar-refractivity contribution in [1.82, 2.24) is 4.90 Å². The zero-order valence-electron chi connectivity index (χ0n) is 16.3. The van der Waals surface area contributed by atoms with E-state index in [-0.39, 0.29) is 27.9 Å². The molecule has 3 aromatic rings. The molecule has 0 aliphatic carbocycles. The summed E-state index contributed by atoms with van der Waals surface area (Å²) in [5.74, 6) is 0.435. The molecule has 0 saturated carbocycles. The lowest BCUT2D eigenvalue weighted by Gasteiger charge is -2.14. The monoisotopic (exact) mass is 395 g/mol. The Hall–Kier alpha value is -2.99. The lowest BCUT2D eigenvalue weighted by atomic mass is 10.0. The van der Waals surface area contributed by atoms with Crippen molar-refractivity contribution in [2.75, 3.05) is 26.2 Å². The maximum Gasteiger partial charge on any atom is 0.204 e. The van der Waals surface area contributed by atoms with Crippen LogP contribution in [-0.2, 0) is 0 Å². The zero-order chi connectivity index (χ0) is 20.2. The number of phenols is 2. The summed E-state index contributed by atoms with van der Waals surface area (Å²) in [6, 6.07) is 9.35. The third kappa shape index (κ3) is 4.38. The van der Waals surface area contributed by atoms with Crippen LogP contribution in [-0.4, -0.2) is 41.4 Å². The molecule has 2 N–H and O–H groups in total. The van der Waals surface area contributed by atoms with Gasteiger partial charge in [0.2, 0.25) is 5.43 Å². The zero-order valence-corrected chi connectivity index (χ0v) is 16.3. The van der Waals surface area contributed by atoms with Gasteiger partial charge in [-0.05, 0) is 63.0 Å². The van der Waals surface area contributed by atoms with E-state index in [1.807, 2.05) is 0 Å². The molecular weight excluding hydrogens is 370 g/mol. The fourth-order valence-corrected chi connectivity index (χ4v) is 3.77. The van der Waals surface area contributed by atoms with Gasteiger partial charge in [-0.15, -0.1) is 0 Å². The highest BCUT2D eigenvalue weighted by Crippen LogP contribution is 2.30. The first kappa shape index (κ1) is 19.3. The molecule has 2 heterocycles. The molecule has 4 rings (SSSR count). The summed E-state index contributed by atoms with van der Waals surface area (Å²) in [5.41, 5.74) is 0.885. The quantitative estimate of drug-likeness (QED) is 0.586. The van der Waals surface area contributed by atoms with Crippen molar-refractivity contribution in [3.05, 3.63) is 52.9 Å². The number of ether oxygens (including phenoxy) is 1. The number of likely N-dealkylation sites (tertiary alicyclic amines) is 1. The summed E-state index contributed by atoms with van der Waals surface area (Å²) in [5, 5.41) is 20.0. The van der Waals surface area contributed by atoms with E-state index in [1.54, 1.807) is 18.2 Å². The third-order valence-electron chi connectivity index (χ3n) is 5.34. The van der Waals surface area contributed by atoms with Crippen LogP contribution in [0.4, 0.5) is 0 Å². The number of hydrogen-bond acceptors (Lipinski definition) is 6. The summed E-state index contributed by atoms with van der Waals surface area (Å²) < 4.78 is 11.4. The van der Waals surface area contributed by atoms with Crippen molar-refractivity contribution in [3.63, 3.8) is 0 Å². The van der Waals surface area contributed by atoms with Crippen molar-refractivity contribution in [3.8, 4) is 28.4 Å². The van der Waals surface area contributed by atoms with E-state index < -0.39 is 0 Å². The van der Waals surface area contributed by atoms with E-state index in [0.29, 0.717) is 23.5 Å². The highest BCUT2D eigenvalue weighted by Gasteiger charge is 2.15. The fourth-order valence-electron chi connectivity index (χ4n) is 3.77. The number of unbranched alkanes of at least 4 members (excludes halogenated alkanes) is 1. The van der Waals surface area contributed by atoms with Gasteiger partial charge < -0.3 is 24.3 Å². The summed E-state index contributed by atoms with van der Waals surface area (Å²) in [6.07, 6.45) is 5.97. The predicted molar refractivity (Wildman–Crippen MR) is 112 cm³/mol. The number of hydrogen-bond donors (Lipinski definition) is 2. The maximum atomic E-state index is 12.8. The Balaban J connectivity index is 1.46. The molecule has 1 aliphatic rings. The van der Waals surface area contributed by atoms with Gasteiger partial charge in [-0.1, -0.05) is 12.1 Å². The molecule has 6 heteroatoms. The normalized spacial score (nSPS) is 14.5. The van der Waals surface area contributed by atoms with E-state index in [2.05, 4.69) is 4.90 Å². The van der Waals surface area contributed by atoms with E-state index in [4.69, 9.17) is 9.15 Å². The molecule has 0 bridgehead atoms. The largest absolute Gasteiger partial charge is 0.508 e. The van der Waals surface area contributed by atoms with Gasteiger partial charge in [-0.2, -0.15) is 0 Å². The van der Waals surface area contributed by atoms with Gasteiger partial charge in [0, 0.05) is 12.1 Å². The number of nitrogens with zero attached hydrogens (tertiary/aromatic N) is 1. The van der Waals surface area contributed by atoms with Crippen LogP contribution in [0, 0.1) is 0 Å². The van der Waals surface area contributed by atoms with Gasteiger partial charge in [-0.3, -0.25) is 4.79 Å². The molecular formula is C23H25NO5. The first-order chi connectivity index (χ1) is 14.1. The molecule has 0 atom stereocenters. The van der Waals surface area contributed by atoms with Crippen LogP contribution >= 0.6 is 0 Å². The SMILES string of the molecule is O=c1c(-c2ccc(O)cc2)coc2cc(OCCCCN3CCCC3)cc(O)c12. The van der Waals surface area contributed by atoms with Crippen LogP contribution in [0.1, 0.15) is 25.7 Å². The molecule has 2 aromatic carbocycles. The minimum Gasteiger partial charge on any atom is -0.508 e. The van der Waals surface area contributed by atoms with Crippen molar-refractivity contribution in [2.45, 2.75) is 25.7 Å². The Labute approximate surface area is 169 Å². The Morgan fingerprint density at radius 2 is 1.79 bits per heavy atom. The van der Waals surface area contributed by atoms with Crippen LogP contribution in [0.5, 0.6) is 17.2 Å². The van der Waals surface area contributed by atoms with Crippen molar-refractivity contribution < 1.29 is 19.4 Å². The Kier molecular flexibility index (Phi) is 5.71. The minimum atomic E-state index is -0.327. The van der Waals surface area contributed by atoms with Crippen molar-refractivity contribution in [1.29, 1.82) is 0 Å². The van der Waals surface area contributed by atoms with Gasteiger partial charge in [0.15, 0.2) is 0 Å². The van der Waals surface area contributed by atoms with Crippen molar-refractivity contribution >= 4 is 11.0 Å². The minimum absolute atomic E-state index is 0.115. The standard InChI is InChI=1S/C23H25NO5/c25-17-7-5-16(6-8-17)19-15-29-21-14-18(13-20(26)22(21)23(19)27)28-12-4-3-11-24-9-1-2-10-24/h5-8,13-15,25-26H,1-4,9-12H2. The first-order valence-electron chi connectivity index (χ1n) is 10.0. The molecule has 1 fully saturated rings. The number of rotatable bonds is 7. The third-order valence-corrected chi connectivity index (χ3v) is 5.34. The van der Waals surface area contributed by atoms with E-state index in [0.717, 1.165) is 19.4 Å². The average Bonchev–Trinajstić information content (AvgIpc) is 3.22. The Morgan fingerprint density at radius 1 is 1.03 bits per heavy atom. The lowest BCUT2D eigenvalue weighted by molar-refractivity contribution is 0.279. The van der Waals surface area contributed by atoms with Crippen molar-refractivity contribution in [2.24, 2.45) is 0 Å². The first-order valence-corrected chi connectivity index (χ1v) is 10.0. The molecule has 0 unspecified atom stereocenters. The molecule has 152 valence electrons. The van der Waals surface area contributed by atoms with Crippen LogP contribution in [0.15, 0.2) is 51.9 Å². The highest BCUT2D eigenvalue weighted by molar-refractivity contribution is 5.88. The molecule has 1 saturated heterocycles. The number of fused-ring (bicyclic) bond motifs is 1. The van der Waals surface area contributed by atoms with E-state index >= 15 is 0 Å². The molecule has 0 spiro atoms. The highest BCUT2D eigenvalue weighted by atomic mass is 16.5. The Bertz CT molecular complexity index is 1040. The smallest absolute Gasteiger partial charge is 0.204 e. The fraction of sp³-hybridized carbons (Fsp3) is 0.348. The molecule has 1 aliphatic heterocycles. The van der Waals surface area contributed by atoms with Crippen LogP contribution in [0.25, 0.3) is 22.1 Å². The van der Waals surface area contributed by atoms with Gasteiger partial charge in [0.05, 0.1) is 12.2 Å². The van der Waals surface area contributed by atoms with Crippen LogP contribution in [0.2, 0.25) is 0 Å². The second-order valence-corrected chi connectivity index (χ2v) is 7.45. The van der Waals surface area contributed by atoms with Gasteiger partial charge >= 0.3 is 0 Å². The predicted octanol–water partition coefficient (Wildman–Crippen LogP) is 4.13. The van der Waals surface area contributed by atoms with Gasteiger partial charge in [0.1, 0.15) is 34.5 Å². The summed E-state index contributed by atoms with van der Waals surface area (Å²) in [6.45, 7) is 4.05. The van der Waals surface area contributed by atoms with E-state index in [9.17, 15) is 15.0 Å². The molecule has 0 radical (unpaired) electrons.